The van der Waals surface area contributed by atoms with E-state index in [1.54, 1.807) is 0 Å². The number of nitrogens with zero attached hydrogens (tertiary/aromatic N) is 2. The number of unbranched alkanes of at least 4 members (excludes halogenated alkanes) is 2. The van der Waals surface area contributed by atoms with Crippen molar-refractivity contribution in [3.05, 3.63) is 52.5 Å². The van der Waals surface area contributed by atoms with Crippen molar-refractivity contribution >= 4 is 5.82 Å². The SMILES string of the molecule is COc1c(F)cc(C(C)C)cc1C(C(O)O)N1CCC(OCCCCCc2ccc3c(n2)NCCC3)C1. The number of methoxy groups -OCH3 is 1. The molecule has 4 rings (SSSR count). The van der Waals surface area contributed by atoms with E-state index in [1.807, 2.05) is 24.8 Å². The molecule has 2 aliphatic heterocycles. The third kappa shape index (κ3) is 6.99. The largest absolute Gasteiger partial charge is 0.493 e. The van der Waals surface area contributed by atoms with E-state index in [0.29, 0.717) is 25.3 Å². The van der Waals surface area contributed by atoms with Crippen molar-refractivity contribution in [2.45, 2.75) is 83.1 Å². The highest BCUT2D eigenvalue weighted by atomic mass is 19.1. The quantitative estimate of drug-likeness (QED) is 0.282. The van der Waals surface area contributed by atoms with Crippen molar-refractivity contribution in [3.8, 4) is 5.75 Å². The number of aryl methyl sites for hydroxylation is 2. The molecular weight excluding hydrogens is 473 g/mol. The van der Waals surface area contributed by atoms with Crippen LogP contribution in [0.25, 0.3) is 0 Å². The van der Waals surface area contributed by atoms with Gasteiger partial charge in [-0.2, -0.15) is 0 Å². The van der Waals surface area contributed by atoms with Crippen LogP contribution in [0.1, 0.15) is 80.3 Å². The summed E-state index contributed by atoms with van der Waals surface area (Å²) in [6.45, 7) is 6.84. The average Bonchev–Trinajstić information content (AvgIpc) is 3.33. The van der Waals surface area contributed by atoms with E-state index < -0.39 is 18.1 Å². The van der Waals surface area contributed by atoms with Crippen LogP contribution in [0.15, 0.2) is 24.3 Å². The summed E-state index contributed by atoms with van der Waals surface area (Å²) in [4.78, 5) is 6.73. The Morgan fingerprint density at radius 3 is 2.78 bits per heavy atom. The smallest absolute Gasteiger partial charge is 0.171 e. The fourth-order valence-corrected chi connectivity index (χ4v) is 5.44. The minimum absolute atomic E-state index is 0.0127. The molecule has 37 heavy (non-hydrogen) atoms. The molecule has 2 aromatic rings. The second kappa shape index (κ2) is 13.0. The lowest BCUT2D eigenvalue weighted by Gasteiger charge is -2.31. The fraction of sp³-hybridized carbons (Fsp3) is 0.621. The van der Waals surface area contributed by atoms with Gasteiger partial charge >= 0.3 is 0 Å². The summed E-state index contributed by atoms with van der Waals surface area (Å²) in [7, 11) is 1.41. The zero-order chi connectivity index (χ0) is 26.4. The molecule has 0 spiro atoms. The number of hydrogen-bond acceptors (Lipinski definition) is 7. The Morgan fingerprint density at radius 1 is 1.19 bits per heavy atom. The van der Waals surface area contributed by atoms with Crippen LogP contribution < -0.4 is 10.1 Å². The van der Waals surface area contributed by atoms with Gasteiger partial charge in [-0.05, 0) is 73.8 Å². The van der Waals surface area contributed by atoms with Crippen LogP contribution in [-0.4, -0.2) is 65.8 Å². The normalized spacial score (nSPS) is 18.8. The maximum Gasteiger partial charge on any atom is 0.171 e. The first-order valence-corrected chi connectivity index (χ1v) is 13.7. The number of rotatable bonds is 12. The van der Waals surface area contributed by atoms with Crippen LogP contribution in [-0.2, 0) is 17.6 Å². The highest BCUT2D eigenvalue weighted by Crippen LogP contribution is 2.38. The van der Waals surface area contributed by atoms with Gasteiger partial charge in [0.15, 0.2) is 17.9 Å². The minimum Gasteiger partial charge on any atom is -0.493 e. The number of nitrogens with one attached hydrogen (secondary N) is 1. The van der Waals surface area contributed by atoms with Crippen molar-refractivity contribution in [1.82, 2.24) is 9.88 Å². The molecular formula is C29H42FN3O4. The first-order chi connectivity index (χ1) is 17.9. The summed E-state index contributed by atoms with van der Waals surface area (Å²) in [5.74, 6) is 0.740. The number of aromatic nitrogens is 1. The average molecular weight is 516 g/mol. The van der Waals surface area contributed by atoms with Crippen LogP contribution >= 0.6 is 0 Å². The monoisotopic (exact) mass is 515 g/mol. The number of halogens is 1. The second-order valence-corrected chi connectivity index (χ2v) is 10.6. The number of pyridine rings is 1. The predicted octanol–water partition coefficient (Wildman–Crippen LogP) is 4.57. The Labute approximate surface area is 220 Å². The van der Waals surface area contributed by atoms with Gasteiger partial charge in [-0.3, -0.25) is 4.90 Å². The van der Waals surface area contributed by atoms with Crippen LogP contribution in [0.5, 0.6) is 5.75 Å². The maximum absolute atomic E-state index is 14.8. The summed E-state index contributed by atoms with van der Waals surface area (Å²) in [6, 6.07) is 6.87. The summed E-state index contributed by atoms with van der Waals surface area (Å²) in [6.07, 6.45) is 5.51. The fourth-order valence-electron chi connectivity index (χ4n) is 5.44. The Kier molecular flexibility index (Phi) is 9.76. The second-order valence-electron chi connectivity index (χ2n) is 10.6. The third-order valence-corrected chi connectivity index (χ3v) is 7.52. The first-order valence-electron chi connectivity index (χ1n) is 13.7. The Morgan fingerprint density at radius 2 is 2.03 bits per heavy atom. The summed E-state index contributed by atoms with van der Waals surface area (Å²) >= 11 is 0. The van der Waals surface area contributed by atoms with Crippen molar-refractivity contribution in [1.29, 1.82) is 0 Å². The van der Waals surface area contributed by atoms with E-state index >= 15 is 0 Å². The maximum atomic E-state index is 14.8. The number of fused-ring (bicyclic) bond motifs is 1. The number of aliphatic hydroxyl groups is 2. The molecule has 1 aromatic carbocycles. The standard InChI is InChI=1S/C29H42FN3O4/c1-19(2)21-16-24(27(36-3)25(30)17-21)26(29(34)35)33-14-12-23(18-33)37-15-6-4-5-9-22-11-10-20-8-7-13-31-28(20)32-22/h10-11,16-17,19,23,26,29,34-35H,4-9,12-15,18H2,1-3H3,(H,31,32). The van der Waals surface area contributed by atoms with Gasteiger partial charge in [-0.1, -0.05) is 26.3 Å². The number of aliphatic hydroxyl groups excluding tert-OH is 1. The number of anilines is 1. The molecule has 204 valence electrons. The van der Waals surface area contributed by atoms with Gasteiger partial charge < -0.3 is 25.0 Å². The zero-order valence-electron chi connectivity index (χ0n) is 22.4. The molecule has 0 radical (unpaired) electrons. The molecule has 0 bridgehead atoms. The molecule has 1 aromatic heterocycles. The van der Waals surface area contributed by atoms with Gasteiger partial charge in [0.25, 0.3) is 0 Å². The summed E-state index contributed by atoms with van der Waals surface area (Å²) in [5.41, 5.74) is 3.73. The highest BCUT2D eigenvalue weighted by Gasteiger charge is 2.36. The van der Waals surface area contributed by atoms with E-state index in [-0.39, 0.29) is 17.8 Å². The summed E-state index contributed by atoms with van der Waals surface area (Å²) < 4.78 is 26.2. The molecule has 0 amide bonds. The molecule has 0 aliphatic carbocycles. The zero-order valence-corrected chi connectivity index (χ0v) is 22.4. The molecule has 1 saturated heterocycles. The number of likely N-dealkylation sites (tertiary alicyclic amines) is 1. The number of benzene rings is 1. The number of hydrogen-bond donors (Lipinski definition) is 3. The lowest BCUT2D eigenvalue weighted by Crippen LogP contribution is -2.36. The third-order valence-electron chi connectivity index (χ3n) is 7.52. The molecule has 0 saturated carbocycles. The van der Waals surface area contributed by atoms with Gasteiger partial charge in [-0.15, -0.1) is 0 Å². The van der Waals surface area contributed by atoms with Gasteiger partial charge in [0.2, 0.25) is 0 Å². The topological polar surface area (TPSA) is 87.1 Å². The number of ether oxygens (including phenoxy) is 2. The van der Waals surface area contributed by atoms with Crippen LogP contribution in [0, 0.1) is 5.82 Å². The lowest BCUT2D eigenvalue weighted by molar-refractivity contribution is -0.101. The molecule has 8 heteroatoms. The van der Waals surface area contributed by atoms with E-state index in [2.05, 4.69) is 17.4 Å². The molecule has 2 atom stereocenters. The van der Waals surface area contributed by atoms with Gasteiger partial charge in [-0.25, -0.2) is 9.37 Å². The van der Waals surface area contributed by atoms with E-state index in [9.17, 15) is 14.6 Å². The molecule has 3 N–H and O–H groups in total. The van der Waals surface area contributed by atoms with E-state index in [0.717, 1.165) is 62.1 Å². The van der Waals surface area contributed by atoms with Crippen LogP contribution in [0.3, 0.4) is 0 Å². The predicted molar refractivity (Wildman–Crippen MR) is 143 cm³/mol. The minimum atomic E-state index is -1.66. The van der Waals surface area contributed by atoms with Crippen molar-refractivity contribution in [2.75, 3.05) is 38.7 Å². The molecule has 1 fully saturated rings. The highest BCUT2D eigenvalue weighted by molar-refractivity contribution is 5.47. The molecule has 3 heterocycles. The molecule has 2 aliphatic rings. The first kappa shape index (κ1) is 27.8. The lowest BCUT2D eigenvalue weighted by atomic mass is 9.95. The molecule has 7 nitrogen and oxygen atoms in total. The van der Waals surface area contributed by atoms with Crippen molar-refractivity contribution in [3.63, 3.8) is 0 Å². The molecule has 2 unspecified atom stereocenters. The Hall–Kier alpha value is -2.26. The van der Waals surface area contributed by atoms with E-state index in [1.165, 1.54) is 25.2 Å². The Balaban J connectivity index is 1.25. The van der Waals surface area contributed by atoms with Crippen LogP contribution in [0.4, 0.5) is 10.2 Å². The Bertz CT molecular complexity index is 1030. The van der Waals surface area contributed by atoms with Crippen molar-refractivity contribution < 1.29 is 24.1 Å². The van der Waals surface area contributed by atoms with Crippen LogP contribution in [0.2, 0.25) is 0 Å². The summed E-state index contributed by atoms with van der Waals surface area (Å²) in [5, 5.41) is 23.9. The van der Waals surface area contributed by atoms with Gasteiger partial charge in [0.1, 0.15) is 5.82 Å². The van der Waals surface area contributed by atoms with Gasteiger partial charge in [0.05, 0.1) is 19.3 Å². The van der Waals surface area contributed by atoms with Crippen molar-refractivity contribution in [2.24, 2.45) is 0 Å². The van der Waals surface area contributed by atoms with E-state index in [4.69, 9.17) is 14.5 Å². The van der Waals surface area contributed by atoms with Gasteiger partial charge in [0, 0.05) is 37.5 Å².